The Morgan fingerprint density at radius 1 is 1.04 bits per heavy atom. The largest absolute Gasteiger partial charge is 0.493 e. The predicted octanol–water partition coefficient (Wildman–Crippen LogP) is 3.33. The summed E-state index contributed by atoms with van der Waals surface area (Å²) in [6.45, 7) is 2.26. The zero-order valence-corrected chi connectivity index (χ0v) is 15.0. The zero-order chi connectivity index (χ0) is 18.4. The van der Waals surface area contributed by atoms with E-state index in [1.807, 2.05) is 25.1 Å². The van der Waals surface area contributed by atoms with Gasteiger partial charge in [-0.05, 0) is 61.9 Å². The van der Waals surface area contributed by atoms with Crippen LogP contribution >= 0.6 is 0 Å². The van der Waals surface area contributed by atoms with E-state index in [1.165, 1.54) is 17.5 Å². The number of carbonyl (C=O) groups excluding carboxylic acids is 2. The van der Waals surface area contributed by atoms with Crippen molar-refractivity contribution in [3.05, 3.63) is 59.2 Å². The third-order valence-corrected chi connectivity index (χ3v) is 4.51. The molecule has 0 saturated carbocycles. The Morgan fingerprint density at radius 2 is 1.85 bits per heavy atom. The summed E-state index contributed by atoms with van der Waals surface area (Å²) in [6, 6.07) is 13.0. The first kappa shape index (κ1) is 18.0. The van der Waals surface area contributed by atoms with Gasteiger partial charge in [0.15, 0.2) is 0 Å². The highest BCUT2D eigenvalue weighted by Gasteiger charge is 2.16. The van der Waals surface area contributed by atoms with Crippen LogP contribution in [0.3, 0.4) is 0 Å². The smallest absolute Gasteiger partial charge is 0.255 e. The SMILES string of the molecule is CCOc1ccccc1C(=O)NCC(=O)Nc1cccc2c1CCCC2. The normalized spacial score (nSPS) is 12.8. The summed E-state index contributed by atoms with van der Waals surface area (Å²) < 4.78 is 5.46. The molecule has 0 bridgehead atoms. The van der Waals surface area contributed by atoms with Gasteiger partial charge in [0.25, 0.3) is 5.91 Å². The van der Waals surface area contributed by atoms with E-state index in [9.17, 15) is 9.59 Å². The molecular weight excluding hydrogens is 328 g/mol. The number of fused-ring (bicyclic) bond motifs is 1. The van der Waals surface area contributed by atoms with Crippen LogP contribution in [0.25, 0.3) is 0 Å². The van der Waals surface area contributed by atoms with Crippen molar-refractivity contribution < 1.29 is 14.3 Å². The molecule has 0 spiro atoms. The van der Waals surface area contributed by atoms with E-state index in [0.29, 0.717) is 17.9 Å². The average molecular weight is 352 g/mol. The van der Waals surface area contributed by atoms with Crippen molar-refractivity contribution in [3.63, 3.8) is 0 Å². The molecule has 2 amide bonds. The Balaban J connectivity index is 1.61. The molecular formula is C21H24N2O3. The summed E-state index contributed by atoms with van der Waals surface area (Å²) in [5, 5.41) is 5.60. The molecule has 5 nitrogen and oxygen atoms in total. The third kappa shape index (κ3) is 4.23. The van der Waals surface area contributed by atoms with E-state index in [1.54, 1.807) is 18.2 Å². The predicted molar refractivity (Wildman–Crippen MR) is 102 cm³/mol. The van der Waals surface area contributed by atoms with Gasteiger partial charge in [0.05, 0.1) is 18.7 Å². The fourth-order valence-corrected chi connectivity index (χ4v) is 3.28. The van der Waals surface area contributed by atoms with Gasteiger partial charge in [-0.1, -0.05) is 24.3 Å². The second-order valence-corrected chi connectivity index (χ2v) is 6.31. The van der Waals surface area contributed by atoms with Crippen LogP contribution in [0.4, 0.5) is 5.69 Å². The van der Waals surface area contributed by atoms with E-state index < -0.39 is 0 Å². The first-order valence-corrected chi connectivity index (χ1v) is 9.09. The van der Waals surface area contributed by atoms with Gasteiger partial charge >= 0.3 is 0 Å². The molecule has 0 fully saturated rings. The number of para-hydroxylation sites is 1. The molecule has 2 N–H and O–H groups in total. The van der Waals surface area contributed by atoms with E-state index in [0.717, 1.165) is 24.9 Å². The Labute approximate surface area is 153 Å². The van der Waals surface area contributed by atoms with Crippen molar-refractivity contribution in [3.8, 4) is 5.75 Å². The standard InChI is InChI=1S/C21H24N2O3/c1-2-26-19-13-6-5-11-17(19)21(25)22-14-20(24)23-18-12-7-9-15-8-3-4-10-16(15)18/h5-7,9,11-13H,2-4,8,10,14H2,1H3,(H,22,25)(H,23,24). The Kier molecular flexibility index (Phi) is 5.89. The molecule has 3 rings (SSSR count). The van der Waals surface area contributed by atoms with Crippen molar-refractivity contribution in [2.75, 3.05) is 18.5 Å². The second-order valence-electron chi connectivity index (χ2n) is 6.31. The van der Waals surface area contributed by atoms with Crippen LogP contribution in [0.1, 0.15) is 41.3 Å². The fraction of sp³-hybridized carbons (Fsp3) is 0.333. The van der Waals surface area contributed by atoms with Crippen LogP contribution in [-0.2, 0) is 17.6 Å². The summed E-state index contributed by atoms with van der Waals surface area (Å²) in [4.78, 5) is 24.6. The molecule has 0 aromatic heterocycles. The average Bonchev–Trinajstić information content (AvgIpc) is 2.67. The van der Waals surface area contributed by atoms with Gasteiger partial charge in [-0.25, -0.2) is 0 Å². The highest BCUT2D eigenvalue weighted by atomic mass is 16.5. The lowest BCUT2D eigenvalue weighted by atomic mass is 9.90. The molecule has 5 heteroatoms. The highest BCUT2D eigenvalue weighted by molar-refractivity contribution is 6.01. The fourth-order valence-electron chi connectivity index (χ4n) is 3.28. The number of ether oxygens (including phenoxy) is 1. The number of hydrogen-bond acceptors (Lipinski definition) is 3. The van der Waals surface area contributed by atoms with Gasteiger partial charge in [-0.3, -0.25) is 9.59 Å². The maximum Gasteiger partial charge on any atom is 0.255 e. The van der Waals surface area contributed by atoms with Crippen LogP contribution in [0.5, 0.6) is 5.75 Å². The number of amides is 2. The zero-order valence-electron chi connectivity index (χ0n) is 15.0. The molecule has 136 valence electrons. The Morgan fingerprint density at radius 3 is 2.69 bits per heavy atom. The molecule has 2 aromatic rings. The number of rotatable bonds is 6. The minimum absolute atomic E-state index is 0.0804. The van der Waals surface area contributed by atoms with Crippen LogP contribution < -0.4 is 15.4 Å². The topological polar surface area (TPSA) is 67.4 Å². The number of nitrogens with one attached hydrogen (secondary N) is 2. The monoisotopic (exact) mass is 352 g/mol. The quantitative estimate of drug-likeness (QED) is 0.838. The summed E-state index contributed by atoms with van der Waals surface area (Å²) in [5.41, 5.74) is 3.82. The van der Waals surface area contributed by atoms with E-state index in [-0.39, 0.29) is 18.4 Å². The Bertz CT molecular complexity index is 802. The lowest BCUT2D eigenvalue weighted by Crippen LogP contribution is -2.33. The third-order valence-electron chi connectivity index (χ3n) is 4.51. The first-order chi connectivity index (χ1) is 12.7. The summed E-state index contributed by atoms with van der Waals surface area (Å²) in [5.74, 6) is -0.0319. The van der Waals surface area contributed by atoms with Gasteiger partial charge < -0.3 is 15.4 Å². The molecule has 0 heterocycles. The lowest BCUT2D eigenvalue weighted by Gasteiger charge is -2.19. The summed E-state index contributed by atoms with van der Waals surface area (Å²) in [7, 11) is 0. The van der Waals surface area contributed by atoms with Gasteiger partial charge in [-0.15, -0.1) is 0 Å². The summed E-state index contributed by atoms with van der Waals surface area (Å²) in [6.07, 6.45) is 4.38. The van der Waals surface area contributed by atoms with Crippen molar-refractivity contribution >= 4 is 17.5 Å². The molecule has 2 aromatic carbocycles. The van der Waals surface area contributed by atoms with Crippen LogP contribution in [0.15, 0.2) is 42.5 Å². The minimum Gasteiger partial charge on any atom is -0.493 e. The molecule has 1 aliphatic carbocycles. The van der Waals surface area contributed by atoms with Gasteiger partial charge in [0.2, 0.25) is 5.91 Å². The summed E-state index contributed by atoms with van der Waals surface area (Å²) >= 11 is 0. The molecule has 0 unspecified atom stereocenters. The highest BCUT2D eigenvalue weighted by Crippen LogP contribution is 2.27. The molecule has 0 saturated heterocycles. The van der Waals surface area contributed by atoms with Gasteiger partial charge in [0, 0.05) is 5.69 Å². The number of hydrogen-bond donors (Lipinski definition) is 2. The van der Waals surface area contributed by atoms with Crippen molar-refractivity contribution in [2.45, 2.75) is 32.6 Å². The van der Waals surface area contributed by atoms with E-state index in [4.69, 9.17) is 4.74 Å². The number of carbonyl (C=O) groups is 2. The van der Waals surface area contributed by atoms with E-state index in [2.05, 4.69) is 16.7 Å². The van der Waals surface area contributed by atoms with Gasteiger partial charge in [0.1, 0.15) is 5.75 Å². The van der Waals surface area contributed by atoms with E-state index >= 15 is 0 Å². The Hall–Kier alpha value is -2.82. The van der Waals surface area contributed by atoms with Gasteiger partial charge in [-0.2, -0.15) is 0 Å². The van der Waals surface area contributed by atoms with Crippen LogP contribution in [0, 0.1) is 0 Å². The molecule has 0 aliphatic heterocycles. The molecule has 0 radical (unpaired) electrons. The number of benzene rings is 2. The number of anilines is 1. The maximum atomic E-state index is 12.4. The molecule has 1 aliphatic rings. The van der Waals surface area contributed by atoms with Crippen LogP contribution in [-0.4, -0.2) is 25.0 Å². The molecule has 26 heavy (non-hydrogen) atoms. The van der Waals surface area contributed by atoms with Crippen molar-refractivity contribution in [1.82, 2.24) is 5.32 Å². The lowest BCUT2D eigenvalue weighted by molar-refractivity contribution is -0.115. The minimum atomic E-state index is -0.320. The second kappa shape index (κ2) is 8.52. The molecule has 0 atom stereocenters. The van der Waals surface area contributed by atoms with Crippen molar-refractivity contribution in [1.29, 1.82) is 0 Å². The number of aryl methyl sites for hydroxylation is 1. The van der Waals surface area contributed by atoms with Crippen molar-refractivity contribution in [2.24, 2.45) is 0 Å². The first-order valence-electron chi connectivity index (χ1n) is 9.09. The maximum absolute atomic E-state index is 12.4. The van der Waals surface area contributed by atoms with Crippen LogP contribution in [0.2, 0.25) is 0 Å².